The maximum atomic E-state index is 10.9. The quantitative estimate of drug-likeness (QED) is 0.527. The van der Waals surface area contributed by atoms with Gasteiger partial charge in [-0.3, -0.25) is 0 Å². The smallest absolute Gasteiger partial charge is 0.127 e. The van der Waals surface area contributed by atoms with Gasteiger partial charge in [-0.1, -0.05) is 36.5 Å². The Morgan fingerprint density at radius 2 is 2.00 bits per heavy atom. The predicted octanol–water partition coefficient (Wildman–Crippen LogP) is 2.80. The minimum Gasteiger partial charge on any atom is -0.303 e. The van der Waals surface area contributed by atoms with E-state index in [2.05, 4.69) is 11.8 Å². The molecule has 0 atom stereocenters. The Morgan fingerprint density at radius 3 is 2.53 bits per heavy atom. The van der Waals surface area contributed by atoms with Crippen LogP contribution < -0.4 is 0 Å². The Bertz CT molecular complexity index is 390. The van der Waals surface area contributed by atoms with E-state index < -0.39 is 0 Å². The van der Waals surface area contributed by atoms with Gasteiger partial charge in [0.1, 0.15) is 6.29 Å². The number of hydrogen-bond donors (Lipinski definition) is 0. The van der Waals surface area contributed by atoms with Gasteiger partial charge in [0.2, 0.25) is 0 Å². The van der Waals surface area contributed by atoms with E-state index in [0.717, 1.165) is 24.7 Å². The number of benzene rings is 1. The van der Waals surface area contributed by atoms with Crippen LogP contribution in [0.25, 0.3) is 0 Å². The van der Waals surface area contributed by atoms with Crippen molar-refractivity contribution >= 4 is 6.29 Å². The first-order chi connectivity index (χ1) is 7.35. The highest BCUT2D eigenvalue weighted by molar-refractivity contribution is 5.61. The van der Waals surface area contributed by atoms with Crippen LogP contribution in [0.2, 0.25) is 0 Å². The zero-order chi connectivity index (χ0) is 10.6. The van der Waals surface area contributed by atoms with E-state index in [0.29, 0.717) is 6.42 Å². The largest absolute Gasteiger partial charge is 0.303 e. The van der Waals surface area contributed by atoms with Crippen LogP contribution in [-0.4, -0.2) is 6.29 Å². The molecule has 1 aromatic rings. The molecule has 0 aliphatic heterocycles. The monoisotopic (exact) mass is 198 g/mol. The zero-order valence-corrected chi connectivity index (χ0v) is 8.70. The average Bonchev–Trinajstić information content (AvgIpc) is 2.24. The van der Waals surface area contributed by atoms with Crippen molar-refractivity contribution in [3.05, 3.63) is 35.9 Å². The molecule has 15 heavy (non-hydrogen) atoms. The Balaban J connectivity index is 1.98. The van der Waals surface area contributed by atoms with Crippen LogP contribution in [0.1, 0.15) is 31.2 Å². The van der Waals surface area contributed by atoms with Gasteiger partial charge in [-0.15, -0.1) is 0 Å². The summed E-state index contributed by atoms with van der Waals surface area (Å²) >= 11 is 0. The third-order valence-electron chi connectivity index (χ3n) is 3.05. The number of carbonyl (C=O) groups is 1. The van der Waals surface area contributed by atoms with E-state index in [1.54, 1.807) is 0 Å². The minimum absolute atomic E-state index is 0.109. The van der Waals surface area contributed by atoms with Gasteiger partial charge in [0.05, 0.1) is 0 Å². The first-order valence-electron chi connectivity index (χ1n) is 5.35. The Hall–Kier alpha value is -1.55. The number of rotatable bonds is 2. The van der Waals surface area contributed by atoms with E-state index >= 15 is 0 Å². The maximum absolute atomic E-state index is 10.9. The van der Waals surface area contributed by atoms with Gasteiger partial charge < -0.3 is 4.79 Å². The second kappa shape index (κ2) is 4.31. The molecular weight excluding hydrogens is 184 g/mol. The molecule has 0 saturated heterocycles. The van der Waals surface area contributed by atoms with Crippen molar-refractivity contribution in [2.75, 3.05) is 0 Å². The second-order valence-corrected chi connectivity index (χ2v) is 4.18. The topological polar surface area (TPSA) is 17.1 Å². The molecule has 1 aromatic carbocycles. The van der Waals surface area contributed by atoms with Crippen LogP contribution in [0.4, 0.5) is 0 Å². The summed E-state index contributed by atoms with van der Waals surface area (Å²) < 4.78 is 0. The van der Waals surface area contributed by atoms with Gasteiger partial charge >= 0.3 is 0 Å². The molecule has 0 bridgehead atoms. The fourth-order valence-electron chi connectivity index (χ4n) is 1.81. The normalized spacial score (nSPS) is 17.1. The van der Waals surface area contributed by atoms with E-state index in [9.17, 15) is 4.79 Å². The van der Waals surface area contributed by atoms with Crippen molar-refractivity contribution in [2.45, 2.75) is 25.7 Å². The van der Waals surface area contributed by atoms with E-state index in [1.165, 1.54) is 6.42 Å². The van der Waals surface area contributed by atoms with E-state index in [4.69, 9.17) is 0 Å². The highest BCUT2D eigenvalue weighted by Gasteiger charge is 2.35. The van der Waals surface area contributed by atoms with Crippen molar-refractivity contribution < 1.29 is 4.79 Å². The van der Waals surface area contributed by atoms with Crippen LogP contribution in [0.15, 0.2) is 30.3 Å². The number of carbonyl (C=O) groups excluding carboxylic acids is 1. The highest BCUT2D eigenvalue weighted by Crippen LogP contribution is 2.41. The molecule has 76 valence electrons. The van der Waals surface area contributed by atoms with Gasteiger partial charge in [0, 0.05) is 17.4 Å². The highest BCUT2D eigenvalue weighted by atomic mass is 16.1. The third kappa shape index (κ3) is 2.27. The maximum Gasteiger partial charge on any atom is 0.127 e. The Labute approximate surface area is 90.5 Å². The van der Waals surface area contributed by atoms with Crippen molar-refractivity contribution in [3.63, 3.8) is 0 Å². The van der Waals surface area contributed by atoms with Crippen LogP contribution in [-0.2, 0) is 4.79 Å². The fraction of sp³-hybridized carbons (Fsp3) is 0.357. The summed E-state index contributed by atoms with van der Waals surface area (Å²) in [6.45, 7) is 0. The Morgan fingerprint density at radius 1 is 1.27 bits per heavy atom. The molecule has 1 fully saturated rings. The average molecular weight is 198 g/mol. The third-order valence-corrected chi connectivity index (χ3v) is 3.05. The van der Waals surface area contributed by atoms with Crippen LogP contribution in [0.3, 0.4) is 0 Å². The summed E-state index contributed by atoms with van der Waals surface area (Å²) in [6, 6.07) is 9.90. The van der Waals surface area contributed by atoms with Crippen LogP contribution in [0.5, 0.6) is 0 Å². The van der Waals surface area contributed by atoms with Crippen molar-refractivity contribution in [3.8, 4) is 11.8 Å². The fourth-order valence-corrected chi connectivity index (χ4v) is 1.81. The van der Waals surface area contributed by atoms with Crippen molar-refractivity contribution in [1.82, 2.24) is 0 Å². The molecule has 1 saturated carbocycles. The molecule has 0 amide bonds. The summed E-state index contributed by atoms with van der Waals surface area (Å²) in [6.07, 6.45) is 5.01. The van der Waals surface area contributed by atoms with E-state index in [1.807, 2.05) is 30.3 Å². The van der Waals surface area contributed by atoms with Gasteiger partial charge in [-0.05, 0) is 25.0 Å². The Kier molecular flexibility index (Phi) is 2.87. The summed E-state index contributed by atoms with van der Waals surface area (Å²) in [5, 5.41) is 0. The standard InChI is InChI=1S/C14H14O/c15-12-14(10-5-11-14)9-4-8-13-6-2-1-3-7-13/h1-3,6-7,12H,5,9-11H2. The molecule has 0 unspecified atom stereocenters. The molecule has 1 aliphatic rings. The molecule has 1 nitrogen and oxygen atoms in total. The van der Waals surface area contributed by atoms with E-state index in [-0.39, 0.29) is 5.41 Å². The zero-order valence-electron chi connectivity index (χ0n) is 8.70. The van der Waals surface area contributed by atoms with Crippen molar-refractivity contribution in [1.29, 1.82) is 0 Å². The minimum atomic E-state index is -0.109. The number of aldehydes is 1. The molecule has 0 radical (unpaired) electrons. The molecule has 0 aromatic heterocycles. The lowest BCUT2D eigenvalue weighted by Gasteiger charge is -2.34. The van der Waals surface area contributed by atoms with Gasteiger partial charge in [-0.2, -0.15) is 0 Å². The van der Waals surface area contributed by atoms with Crippen LogP contribution >= 0.6 is 0 Å². The molecule has 1 heteroatoms. The number of hydrogen-bond acceptors (Lipinski definition) is 1. The lowest BCUT2D eigenvalue weighted by atomic mass is 9.68. The summed E-state index contributed by atoms with van der Waals surface area (Å²) in [7, 11) is 0. The summed E-state index contributed by atoms with van der Waals surface area (Å²) in [5.41, 5.74) is 0.916. The molecule has 1 aliphatic carbocycles. The SMILES string of the molecule is O=CC1(CC#Cc2ccccc2)CCC1. The lowest BCUT2D eigenvalue weighted by Crippen LogP contribution is -2.30. The van der Waals surface area contributed by atoms with Crippen molar-refractivity contribution in [2.24, 2.45) is 5.41 Å². The first-order valence-corrected chi connectivity index (χ1v) is 5.35. The molecule has 2 rings (SSSR count). The van der Waals surface area contributed by atoms with Crippen LogP contribution in [0, 0.1) is 17.3 Å². The molecule has 0 N–H and O–H groups in total. The summed E-state index contributed by atoms with van der Waals surface area (Å²) in [5.74, 6) is 6.21. The van der Waals surface area contributed by atoms with Gasteiger partial charge in [-0.25, -0.2) is 0 Å². The molecule has 0 heterocycles. The molecular formula is C14H14O. The molecule has 0 spiro atoms. The van der Waals surface area contributed by atoms with Gasteiger partial charge in [0.15, 0.2) is 0 Å². The second-order valence-electron chi connectivity index (χ2n) is 4.18. The summed E-state index contributed by atoms with van der Waals surface area (Å²) in [4.78, 5) is 10.9. The lowest BCUT2D eigenvalue weighted by molar-refractivity contribution is -0.120. The predicted molar refractivity (Wildman–Crippen MR) is 60.3 cm³/mol. The first kappa shape index (κ1) is 9.98. The van der Waals surface area contributed by atoms with Gasteiger partial charge in [0.25, 0.3) is 0 Å².